The molecule has 1 aliphatic heterocycles. The minimum absolute atomic E-state index is 0.0663. The highest BCUT2D eigenvalue weighted by atomic mass is 32.2. The van der Waals surface area contributed by atoms with Crippen LogP contribution in [0.25, 0.3) is 0 Å². The van der Waals surface area contributed by atoms with Crippen LogP contribution in [0, 0.1) is 12.7 Å². The number of hydrogen-bond acceptors (Lipinski definition) is 6. The van der Waals surface area contributed by atoms with Gasteiger partial charge in [-0.25, -0.2) is 17.6 Å². The van der Waals surface area contributed by atoms with E-state index in [1.54, 1.807) is 13.0 Å². The number of halogens is 1. The smallest absolute Gasteiger partial charge is 0.338 e. The number of sulfonamides is 1. The second kappa shape index (κ2) is 10.1. The van der Waals surface area contributed by atoms with Gasteiger partial charge in [-0.3, -0.25) is 9.52 Å². The lowest BCUT2D eigenvalue weighted by molar-refractivity contribution is -0.125. The number of amides is 1. The Morgan fingerprint density at radius 2 is 1.83 bits per heavy atom. The van der Waals surface area contributed by atoms with Crippen molar-refractivity contribution in [2.45, 2.75) is 24.3 Å². The number of carbonyl (C=O) groups is 2. The summed E-state index contributed by atoms with van der Waals surface area (Å²) < 4.78 is 51.5. The number of anilines is 1. The fourth-order valence-electron chi connectivity index (χ4n) is 3.62. The molecule has 0 aromatic heterocycles. The largest absolute Gasteiger partial charge is 0.493 e. The molecule has 0 spiro atoms. The van der Waals surface area contributed by atoms with Gasteiger partial charge in [0.15, 0.2) is 6.61 Å². The average molecular weight is 499 g/mol. The maximum absolute atomic E-state index is 13.1. The predicted molar refractivity (Wildman–Crippen MR) is 126 cm³/mol. The first-order valence-electron chi connectivity index (χ1n) is 10.8. The lowest BCUT2D eigenvalue weighted by Crippen LogP contribution is -2.35. The SMILES string of the molecule is Cc1ccc(C(=O)OCC(=O)N[C@@H]2CCOc3ccccc32)cc1NS(=O)(=O)c1ccc(F)cc1. The number of para-hydroxylation sites is 1. The van der Waals surface area contributed by atoms with Crippen LogP contribution in [0.15, 0.2) is 71.6 Å². The van der Waals surface area contributed by atoms with E-state index in [9.17, 15) is 22.4 Å². The normalized spacial score (nSPS) is 14.9. The molecule has 0 unspecified atom stereocenters. The van der Waals surface area contributed by atoms with Gasteiger partial charge in [0.1, 0.15) is 11.6 Å². The van der Waals surface area contributed by atoms with Crippen molar-refractivity contribution < 1.29 is 31.9 Å². The summed E-state index contributed by atoms with van der Waals surface area (Å²) >= 11 is 0. The number of rotatable bonds is 7. The van der Waals surface area contributed by atoms with Crippen molar-refractivity contribution in [3.63, 3.8) is 0 Å². The molecule has 182 valence electrons. The monoisotopic (exact) mass is 498 g/mol. The van der Waals surface area contributed by atoms with Crippen molar-refractivity contribution in [2.75, 3.05) is 17.9 Å². The summed E-state index contributed by atoms with van der Waals surface area (Å²) in [5, 5.41) is 2.84. The molecule has 8 nitrogen and oxygen atoms in total. The van der Waals surface area contributed by atoms with Crippen molar-refractivity contribution in [3.8, 4) is 5.75 Å². The Hall–Kier alpha value is -3.92. The molecular weight excluding hydrogens is 475 g/mol. The third-order valence-corrected chi connectivity index (χ3v) is 6.85. The van der Waals surface area contributed by atoms with Gasteiger partial charge in [-0.2, -0.15) is 0 Å². The van der Waals surface area contributed by atoms with Crippen LogP contribution in [0.3, 0.4) is 0 Å². The van der Waals surface area contributed by atoms with E-state index in [0.29, 0.717) is 24.3 Å². The Kier molecular flexibility index (Phi) is 7.02. The first-order valence-corrected chi connectivity index (χ1v) is 12.3. The molecule has 3 aromatic rings. The van der Waals surface area contributed by atoms with E-state index in [-0.39, 0.29) is 22.2 Å². The van der Waals surface area contributed by atoms with Crippen LogP contribution in [0.1, 0.15) is 33.9 Å². The Bertz CT molecular complexity index is 1360. The molecule has 1 aliphatic rings. The third kappa shape index (κ3) is 5.78. The minimum Gasteiger partial charge on any atom is -0.493 e. The molecule has 4 rings (SSSR count). The molecule has 3 aromatic carbocycles. The van der Waals surface area contributed by atoms with E-state index in [1.165, 1.54) is 12.1 Å². The van der Waals surface area contributed by atoms with Crippen LogP contribution in [0.2, 0.25) is 0 Å². The summed E-state index contributed by atoms with van der Waals surface area (Å²) in [6, 6.07) is 15.9. The van der Waals surface area contributed by atoms with E-state index in [4.69, 9.17) is 9.47 Å². The second-order valence-electron chi connectivity index (χ2n) is 7.96. The summed E-state index contributed by atoms with van der Waals surface area (Å²) in [5.74, 6) is -1.11. The molecule has 2 N–H and O–H groups in total. The molecule has 0 saturated carbocycles. The molecule has 0 bridgehead atoms. The zero-order valence-corrected chi connectivity index (χ0v) is 19.6. The van der Waals surface area contributed by atoms with E-state index in [0.717, 1.165) is 29.8 Å². The fraction of sp³-hybridized carbons (Fsp3) is 0.200. The zero-order chi connectivity index (χ0) is 25.0. The summed E-state index contributed by atoms with van der Waals surface area (Å²) in [5.41, 5.74) is 1.64. The number of carbonyl (C=O) groups excluding carboxylic acids is 2. The molecular formula is C25H23FN2O6S. The number of nitrogens with one attached hydrogen (secondary N) is 2. The Morgan fingerprint density at radius 3 is 2.60 bits per heavy atom. The number of ether oxygens (including phenoxy) is 2. The second-order valence-corrected chi connectivity index (χ2v) is 9.64. The van der Waals surface area contributed by atoms with Gasteiger partial charge in [-0.1, -0.05) is 24.3 Å². The Morgan fingerprint density at radius 1 is 1.09 bits per heavy atom. The van der Waals surface area contributed by atoms with Gasteiger partial charge < -0.3 is 14.8 Å². The molecule has 35 heavy (non-hydrogen) atoms. The maximum Gasteiger partial charge on any atom is 0.338 e. The molecule has 10 heteroatoms. The van der Waals surface area contributed by atoms with Crippen LogP contribution < -0.4 is 14.8 Å². The molecule has 1 atom stereocenters. The minimum atomic E-state index is -4.00. The highest BCUT2D eigenvalue weighted by Gasteiger charge is 2.23. The summed E-state index contributed by atoms with van der Waals surface area (Å²) in [6.45, 7) is 1.63. The van der Waals surface area contributed by atoms with E-state index in [1.807, 2.05) is 24.3 Å². The maximum atomic E-state index is 13.1. The molecule has 1 heterocycles. The standard InChI is InChI=1S/C25H23FN2O6S/c1-16-6-7-17(14-22(16)28-35(31,32)19-10-8-18(26)9-11-19)25(30)34-15-24(29)27-21-12-13-33-23-5-3-2-4-20(21)23/h2-11,14,21,28H,12-13,15H2,1H3,(H,27,29)/t21-/m1/s1. The van der Waals surface area contributed by atoms with Crippen molar-refractivity contribution >= 4 is 27.6 Å². The summed E-state index contributed by atoms with van der Waals surface area (Å²) in [7, 11) is -4.00. The van der Waals surface area contributed by atoms with E-state index >= 15 is 0 Å². The fourth-order valence-corrected chi connectivity index (χ4v) is 4.74. The van der Waals surface area contributed by atoms with Gasteiger partial charge in [0.05, 0.1) is 28.8 Å². The van der Waals surface area contributed by atoms with Gasteiger partial charge in [0, 0.05) is 12.0 Å². The molecule has 0 radical (unpaired) electrons. The quantitative estimate of drug-likeness (QED) is 0.481. The number of fused-ring (bicyclic) bond motifs is 1. The van der Waals surface area contributed by atoms with Gasteiger partial charge in [-0.15, -0.1) is 0 Å². The average Bonchev–Trinajstić information content (AvgIpc) is 2.84. The molecule has 0 saturated heterocycles. The van der Waals surface area contributed by atoms with E-state index in [2.05, 4.69) is 10.0 Å². The third-order valence-electron chi connectivity index (χ3n) is 5.47. The van der Waals surface area contributed by atoms with Crippen molar-refractivity contribution in [2.24, 2.45) is 0 Å². The number of aryl methyl sites for hydroxylation is 1. The van der Waals surface area contributed by atoms with Crippen LogP contribution in [-0.2, 0) is 19.6 Å². The van der Waals surface area contributed by atoms with Crippen LogP contribution in [-0.4, -0.2) is 33.5 Å². The lowest BCUT2D eigenvalue weighted by Gasteiger charge is -2.26. The van der Waals surface area contributed by atoms with Gasteiger partial charge >= 0.3 is 5.97 Å². The van der Waals surface area contributed by atoms with Crippen molar-refractivity contribution in [1.29, 1.82) is 0 Å². The first kappa shape index (κ1) is 24.2. The summed E-state index contributed by atoms with van der Waals surface area (Å²) in [6.07, 6.45) is 0.590. The van der Waals surface area contributed by atoms with Crippen LogP contribution in [0.5, 0.6) is 5.75 Å². The highest BCUT2D eigenvalue weighted by Crippen LogP contribution is 2.31. The van der Waals surface area contributed by atoms with Crippen LogP contribution in [0.4, 0.5) is 10.1 Å². The summed E-state index contributed by atoms with van der Waals surface area (Å²) in [4.78, 5) is 24.8. The van der Waals surface area contributed by atoms with Gasteiger partial charge in [0.2, 0.25) is 0 Å². The number of benzene rings is 3. The lowest BCUT2D eigenvalue weighted by atomic mass is 10.0. The van der Waals surface area contributed by atoms with Crippen molar-refractivity contribution in [1.82, 2.24) is 5.32 Å². The first-order chi connectivity index (χ1) is 16.7. The highest BCUT2D eigenvalue weighted by molar-refractivity contribution is 7.92. The number of esters is 1. The van der Waals surface area contributed by atoms with E-state index < -0.39 is 34.3 Å². The van der Waals surface area contributed by atoms with Gasteiger partial charge in [-0.05, 0) is 55.0 Å². The zero-order valence-electron chi connectivity index (χ0n) is 18.8. The molecule has 1 amide bonds. The topological polar surface area (TPSA) is 111 Å². The Labute approximate surface area is 202 Å². The van der Waals surface area contributed by atoms with Gasteiger partial charge in [0.25, 0.3) is 15.9 Å². The van der Waals surface area contributed by atoms with Crippen LogP contribution >= 0.6 is 0 Å². The molecule has 0 fully saturated rings. The molecule has 0 aliphatic carbocycles. The Balaban J connectivity index is 1.39. The van der Waals surface area contributed by atoms with Crippen molar-refractivity contribution in [3.05, 3.63) is 89.2 Å². The number of hydrogen-bond donors (Lipinski definition) is 2. The predicted octanol–water partition coefficient (Wildman–Crippen LogP) is 3.73.